The van der Waals surface area contributed by atoms with Crippen molar-refractivity contribution in [2.24, 2.45) is 0 Å². The lowest BCUT2D eigenvalue weighted by molar-refractivity contribution is 1.14. The van der Waals surface area contributed by atoms with Crippen LogP contribution in [0, 0.1) is 6.92 Å². The maximum absolute atomic E-state index is 5.73. The van der Waals surface area contributed by atoms with E-state index in [2.05, 4.69) is 15.0 Å². The van der Waals surface area contributed by atoms with Gasteiger partial charge in [0.25, 0.3) is 0 Å². The van der Waals surface area contributed by atoms with Crippen molar-refractivity contribution >= 4 is 22.6 Å². The van der Waals surface area contributed by atoms with Crippen LogP contribution >= 0.6 is 11.6 Å². The highest BCUT2D eigenvalue weighted by Crippen LogP contribution is 2.17. The molecule has 0 aromatic carbocycles. The van der Waals surface area contributed by atoms with Crippen LogP contribution in [0.15, 0.2) is 12.4 Å². The van der Waals surface area contributed by atoms with Crippen LogP contribution < -0.4 is 0 Å². The molecule has 2 rings (SSSR count). The highest BCUT2D eigenvalue weighted by atomic mass is 35.5. The van der Waals surface area contributed by atoms with Gasteiger partial charge in [-0.1, -0.05) is 11.6 Å². The second kappa shape index (κ2) is 2.20. The molecule has 56 valence electrons. The third-order valence-corrected chi connectivity index (χ3v) is 1.80. The largest absolute Gasteiger partial charge is 0.330 e. The molecular formula is C7H6ClN3. The molecule has 4 heteroatoms. The molecule has 0 unspecified atom stereocenters. The summed E-state index contributed by atoms with van der Waals surface area (Å²) in [7, 11) is 0. The molecule has 3 nitrogen and oxygen atoms in total. The van der Waals surface area contributed by atoms with Crippen LogP contribution in [0.25, 0.3) is 11.0 Å². The van der Waals surface area contributed by atoms with Gasteiger partial charge in [0.15, 0.2) is 0 Å². The Hall–Kier alpha value is -1.09. The summed E-state index contributed by atoms with van der Waals surface area (Å²) in [6, 6.07) is 1.83. The standard InChI is InChI=1S/C7H6ClN3/c1-4-5-2-6(8)11-7(5)10-3-9-4/h2-3H,1H3,(H,9,10,11). The summed E-state index contributed by atoms with van der Waals surface area (Å²) < 4.78 is 0. The van der Waals surface area contributed by atoms with Gasteiger partial charge in [0.2, 0.25) is 0 Å². The second-order valence-corrected chi connectivity index (χ2v) is 2.75. The van der Waals surface area contributed by atoms with Crippen molar-refractivity contribution in [3.63, 3.8) is 0 Å². The number of aromatic amines is 1. The van der Waals surface area contributed by atoms with Crippen molar-refractivity contribution in [2.45, 2.75) is 6.92 Å². The summed E-state index contributed by atoms with van der Waals surface area (Å²) in [5.41, 5.74) is 1.74. The number of H-pyrrole nitrogens is 1. The van der Waals surface area contributed by atoms with E-state index in [9.17, 15) is 0 Å². The number of aromatic nitrogens is 3. The maximum atomic E-state index is 5.73. The fourth-order valence-electron chi connectivity index (χ4n) is 1.03. The Bertz CT molecular complexity index is 393. The lowest BCUT2D eigenvalue weighted by Gasteiger charge is -1.90. The minimum Gasteiger partial charge on any atom is -0.330 e. The Balaban J connectivity index is 2.90. The molecule has 0 radical (unpaired) electrons. The average molecular weight is 168 g/mol. The van der Waals surface area contributed by atoms with Crippen molar-refractivity contribution in [1.82, 2.24) is 15.0 Å². The van der Waals surface area contributed by atoms with Crippen molar-refractivity contribution in [2.75, 3.05) is 0 Å². The number of halogens is 1. The lowest BCUT2D eigenvalue weighted by atomic mass is 10.3. The number of nitrogens with one attached hydrogen (secondary N) is 1. The molecule has 0 saturated carbocycles. The zero-order chi connectivity index (χ0) is 7.84. The molecule has 11 heavy (non-hydrogen) atoms. The van der Waals surface area contributed by atoms with Crippen LogP contribution in [0.2, 0.25) is 5.15 Å². The molecule has 0 saturated heterocycles. The van der Waals surface area contributed by atoms with Crippen LogP contribution in [0.3, 0.4) is 0 Å². The fourth-order valence-corrected chi connectivity index (χ4v) is 1.23. The fraction of sp³-hybridized carbons (Fsp3) is 0.143. The molecule has 0 bridgehead atoms. The van der Waals surface area contributed by atoms with Crippen molar-refractivity contribution in [3.05, 3.63) is 23.2 Å². The molecule has 2 heterocycles. The Morgan fingerprint density at radius 1 is 1.45 bits per heavy atom. The Morgan fingerprint density at radius 2 is 2.27 bits per heavy atom. The minimum absolute atomic E-state index is 0.601. The van der Waals surface area contributed by atoms with Crippen LogP contribution in [-0.2, 0) is 0 Å². The topological polar surface area (TPSA) is 41.6 Å². The van der Waals surface area contributed by atoms with Gasteiger partial charge in [-0.05, 0) is 13.0 Å². The summed E-state index contributed by atoms with van der Waals surface area (Å²) in [4.78, 5) is 11.0. The monoisotopic (exact) mass is 167 g/mol. The van der Waals surface area contributed by atoms with E-state index in [1.54, 1.807) is 0 Å². The summed E-state index contributed by atoms with van der Waals surface area (Å²) in [6.07, 6.45) is 1.52. The molecule has 0 aliphatic rings. The van der Waals surface area contributed by atoms with Crippen LogP contribution in [0.5, 0.6) is 0 Å². The zero-order valence-electron chi connectivity index (χ0n) is 5.93. The van der Waals surface area contributed by atoms with Crippen molar-refractivity contribution in [1.29, 1.82) is 0 Å². The summed E-state index contributed by atoms with van der Waals surface area (Å²) in [6.45, 7) is 1.92. The predicted octanol–water partition coefficient (Wildman–Crippen LogP) is 1.92. The highest BCUT2D eigenvalue weighted by molar-refractivity contribution is 6.30. The highest BCUT2D eigenvalue weighted by Gasteiger charge is 2.01. The first-order chi connectivity index (χ1) is 5.27. The van der Waals surface area contributed by atoms with E-state index in [0.29, 0.717) is 5.15 Å². The number of hydrogen-bond donors (Lipinski definition) is 1. The Morgan fingerprint density at radius 3 is 3.00 bits per heavy atom. The molecule has 2 aromatic rings. The molecule has 0 aliphatic carbocycles. The van der Waals surface area contributed by atoms with Crippen LogP contribution in [-0.4, -0.2) is 15.0 Å². The molecule has 0 spiro atoms. The van der Waals surface area contributed by atoms with Gasteiger partial charge in [0.05, 0.1) is 5.69 Å². The SMILES string of the molecule is Cc1ncnc2[nH]c(Cl)cc12. The van der Waals surface area contributed by atoms with E-state index in [1.165, 1.54) is 6.33 Å². The molecule has 1 N–H and O–H groups in total. The first-order valence-electron chi connectivity index (χ1n) is 3.23. The quantitative estimate of drug-likeness (QED) is 0.652. The van der Waals surface area contributed by atoms with Crippen LogP contribution in [0.4, 0.5) is 0 Å². The van der Waals surface area contributed by atoms with E-state index in [-0.39, 0.29) is 0 Å². The van der Waals surface area contributed by atoms with Gasteiger partial charge in [0, 0.05) is 5.39 Å². The number of aryl methyl sites for hydroxylation is 1. The molecular weight excluding hydrogens is 162 g/mol. The normalized spacial score (nSPS) is 10.7. The summed E-state index contributed by atoms with van der Waals surface area (Å²) in [5.74, 6) is 0. The van der Waals surface area contributed by atoms with Gasteiger partial charge in [-0.3, -0.25) is 0 Å². The average Bonchev–Trinajstić information content (AvgIpc) is 2.31. The van der Waals surface area contributed by atoms with Gasteiger partial charge in [-0.15, -0.1) is 0 Å². The Kier molecular flexibility index (Phi) is 1.32. The number of rotatable bonds is 0. The second-order valence-electron chi connectivity index (χ2n) is 2.34. The van der Waals surface area contributed by atoms with E-state index in [0.717, 1.165) is 16.7 Å². The predicted molar refractivity (Wildman–Crippen MR) is 43.6 cm³/mol. The summed E-state index contributed by atoms with van der Waals surface area (Å²) >= 11 is 5.73. The van der Waals surface area contributed by atoms with Gasteiger partial charge >= 0.3 is 0 Å². The van der Waals surface area contributed by atoms with E-state index in [4.69, 9.17) is 11.6 Å². The molecule has 0 amide bonds. The molecule has 0 fully saturated rings. The van der Waals surface area contributed by atoms with E-state index < -0.39 is 0 Å². The van der Waals surface area contributed by atoms with Gasteiger partial charge in [-0.25, -0.2) is 9.97 Å². The Labute approximate surface area is 68.4 Å². The number of fused-ring (bicyclic) bond motifs is 1. The maximum Gasteiger partial charge on any atom is 0.142 e. The lowest BCUT2D eigenvalue weighted by Crippen LogP contribution is -1.83. The number of hydrogen-bond acceptors (Lipinski definition) is 2. The first kappa shape index (κ1) is 6.61. The molecule has 0 aliphatic heterocycles. The zero-order valence-corrected chi connectivity index (χ0v) is 6.68. The summed E-state index contributed by atoms with van der Waals surface area (Å²) in [5, 5.41) is 1.58. The van der Waals surface area contributed by atoms with E-state index in [1.807, 2.05) is 13.0 Å². The van der Waals surface area contributed by atoms with Gasteiger partial charge in [0.1, 0.15) is 17.1 Å². The third-order valence-electron chi connectivity index (χ3n) is 1.59. The van der Waals surface area contributed by atoms with Crippen molar-refractivity contribution < 1.29 is 0 Å². The first-order valence-corrected chi connectivity index (χ1v) is 3.61. The number of nitrogens with zero attached hydrogens (tertiary/aromatic N) is 2. The van der Waals surface area contributed by atoms with Gasteiger partial charge < -0.3 is 4.98 Å². The molecule has 2 aromatic heterocycles. The van der Waals surface area contributed by atoms with Gasteiger partial charge in [-0.2, -0.15) is 0 Å². The smallest absolute Gasteiger partial charge is 0.142 e. The van der Waals surface area contributed by atoms with E-state index >= 15 is 0 Å². The van der Waals surface area contributed by atoms with Crippen LogP contribution in [0.1, 0.15) is 5.69 Å². The third kappa shape index (κ3) is 0.973. The molecule has 0 atom stereocenters. The van der Waals surface area contributed by atoms with Crippen molar-refractivity contribution in [3.8, 4) is 0 Å². The minimum atomic E-state index is 0.601.